The monoisotopic (exact) mass is 269 g/mol. The van der Waals surface area contributed by atoms with Crippen molar-refractivity contribution in [1.82, 2.24) is 10.2 Å². The van der Waals surface area contributed by atoms with Crippen molar-refractivity contribution in [3.05, 3.63) is 41.6 Å². The lowest BCUT2D eigenvalue weighted by Crippen LogP contribution is -1.97. The Kier molecular flexibility index (Phi) is 2.94. The Bertz CT molecular complexity index is 670. The Hall–Kier alpha value is -2.35. The van der Waals surface area contributed by atoms with Gasteiger partial charge in [-0.15, -0.1) is 10.2 Å². The summed E-state index contributed by atoms with van der Waals surface area (Å²) >= 11 is 0. The number of hydrogen-bond donors (Lipinski definition) is 0. The van der Waals surface area contributed by atoms with Crippen LogP contribution in [-0.2, 0) is 6.61 Å². The van der Waals surface area contributed by atoms with E-state index >= 15 is 0 Å². The van der Waals surface area contributed by atoms with Crippen LogP contribution in [0.25, 0.3) is 0 Å². The summed E-state index contributed by atoms with van der Waals surface area (Å²) in [5.74, 6) is 2.01. The van der Waals surface area contributed by atoms with Gasteiger partial charge >= 0.3 is 0 Å². The van der Waals surface area contributed by atoms with Crippen molar-refractivity contribution < 1.29 is 9.15 Å². The summed E-state index contributed by atoms with van der Waals surface area (Å²) in [6.07, 6.45) is 1.08. The lowest BCUT2D eigenvalue weighted by Gasteiger charge is -2.04. The number of nitriles is 1. The first kappa shape index (κ1) is 12.7. The summed E-state index contributed by atoms with van der Waals surface area (Å²) in [5, 5.41) is 17.0. The molecule has 1 heterocycles. The third kappa shape index (κ3) is 2.37. The van der Waals surface area contributed by atoms with E-state index in [9.17, 15) is 0 Å². The molecule has 2 aromatic rings. The van der Waals surface area contributed by atoms with Crippen molar-refractivity contribution in [2.24, 2.45) is 5.41 Å². The molecule has 0 aliphatic heterocycles. The molecule has 0 amide bonds. The van der Waals surface area contributed by atoms with E-state index in [-0.39, 0.29) is 12.0 Å². The van der Waals surface area contributed by atoms with E-state index in [1.54, 1.807) is 18.2 Å². The molecule has 5 nitrogen and oxygen atoms in total. The SMILES string of the molecule is CC1(C)C[C@H]1c1nnc(COc2ccccc2C#N)o1. The summed E-state index contributed by atoms with van der Waals surface area (Å²) in [6.45, 7) is 4.54. The predicted octanol–water partition coefficient (Wildman–Crippen LogP) is 3.03. The first-order chi connectivity index (χ1) is 9.60. The molecular formula is C15H15N3O2. The molecule has 0 spiro atoms. The van der Waals surface area contributed by atoms with Crippen LogP contribution in [0, 0.1) is 16.7 Å². The lowest BCUT2D eigenvalue weighted by molar-refractivity contribution is 0.257. The molecule has 0 bridgehead atoms. The van der Waals surface area contributed by atoms with Gasteiger partial charge in [0.1, 0.15) is 11.8 Å². The van der Waals surface area contributed by atoms with Crippen LogP contribution in [0.5, 0.6) is 5.75 Å². The molecule has 0 N–H and O–H groups in total. The smallest absolute Gasteiger partial charge is 0.253 e. The molecule has 5 heteroatoms. The second kappa shape index (κ2) is 4.64. The molecule has 1 aliphatic rings. The fraction of sp³-hybridized carbons (Fsp3) is 0.400. The van der Waals surface area contributed by atoms with Crippen LogP contribution in [0.15, 0.2) is 28.7 Å². The number of benzene rings is 1. The fourth-order valence-electron chi connectivity index (χ4n) is 2.18. The number of para-hydroxylation sites is 1. The quantitative estimate of drug-likeness (QED) is 0.853. The Morgan fingerprint density at radius 3 is 2.85 bits per heavy atom. The van der Waals surface area contributed by atoms with E-state index in [1.165, 1.54) is 0 Å². The highest BCUT2D eigenvalue weighted by Crippen LogP contribution is 2.58. The van der Waals surface area contributed by atoms with E-state index in [0.717, 1.165) is 6.42 Å². The van der Waals surface area contributed by atoms with Gasteiger partial charge in [0.2, 0.25) is 5.89 Å². The summed E-state index contributed by atoms with van der Waals surface area (Å²) < 4.78 is 11.2. The average molecular weight is 269 g/mol. The Morgan fingerprint density at radius 1 is 1.40 bits per heavy atom. The van der Waals surface area contributed by atoms with Crippen molar-refractivity contribution >= 4 is 0 Å². The predicted molar refractivity (Wildman–Crippen MR) is 70.9 cm³/mol. The maximum absolute atomic E-state index is 8.98. The zero-order chi connectivity index (χ0) is 14.2. The van der Waals surface area contributed by atoms with Gasteiger partial charge in [0.25, 0.3) is 5.89 Å². The minimum Gasteiger partial charge on any atom is -0.482 e. The molecule has 1 aliphatic carbocycles. The zero-order valence-electron chi connectivity index (χ0n) is 11.5. The van der Waals surface area contributed by atoms with Crippen LogP contribution in [0.3, 0.4) is 0 Å². The van der Waals surface area contributed by atoms with Gasteiger partial charge < -0.3 is 9.15 Å². The van der Waals surface area contributed by atoms with Crippen LogP contribution in [-0.4, -0.2) is 10.2 Å². The molecule has 1 saturated carbocycles. The normalized spacial score (nSPS) is 19.4. The van der Waals surface area contributed by atoms with Crippen molar-refractivity contribution in [3.8, 4) is 11.8 Å². The van der Waals surface area contributed by atoms with Gasteiger partial charge in [-0.3, -0.25) is 0 Å². The van der Waals surface area contributed by atoms with Crippen LogP contribution in [0.1, 0.15) is 43.5 Å². The lowest BCUT2D eigenvalue weighted by atomic mass is 10.1. The van der Waals surface area contributed by atoms with E-state index in [0.29, 0.717) is 29.0 Å². The minimum absolute atomic E-state index is 0.179. The van der Waals surface area contributed by atoms with E-state index in [1.807, 2.05) is 6.07 Å². The first-order valence-electron chi connectivity index (χ1n) is 6.54. The highest BCUT2D eigenvalue weighted by atomic mass is 16.5. The highest BCUT2D eigenvalue weighted by Gasteiger charge is 2.50. The van der Waals surface area contributed by atoms with Gasteiger partial charge in [-0.05, 0) is 24.0 Å². The topological polar surface area (TPSA) is 71.9 Å². The maximum Gasteiger partial charge on any atom is 0.253 e. The maximum atomic E-state index is 8.98. The Labute approximate surface area is 117 Å². The third-order valence-corrected chi connectivity index (χ3v) is 3.65. The van der Waals surface area contributed by atoms with Crippen molar-refractivity contribution in [2.45, 2.75) is 32.8 Å². The van der Waals surface area contributed by atoms with Gasteiger partial charge in [-0.2, -0.15) is 5.26 Å². The van der Waals surface area contributed by atoms with Crippen molar-refractivity contribution in [2.75, 3.05) is 0 Å². The van der Waals surface area contributed by atoms with E-state index in [2.05, 4.69) is 30.1 Å². The molecule has 1 aromatic carbocycles. The van der Waals surface area contributed by atoms with E-state index < -0.39 is 0 Å². The minimum atomic E-state index is 0.179. The number of rotatable bonds is 4. The van der Waals surface area contributed by atoms with Gasteiger partial charge in [-0.25, -0.2) is 0 Å². The second-order valence-electron chi connectivity index (χ2n) is 5.68. The molecule has 1 fully saturated rings. The number of aromatic nitrogens is 2. The molecule has 3 rings (SSSR count). The van der Waals surface area contributed by atoms with Gasteiger partial charge in [-0.1, -0.05) is 26.0 Å². The first-order valence-corrected chi connectivity index (χ1v) is 6.54. The van der Waals surface area contributed by atoms with Crippen LogP contribution >= 0.6 is 0 Å². The molecule has 0 saturated heterocycles. The second-order valence-corrected chi connectivity index (χ2v) is 5.68. The van der Waals surface area contributed by atoms with Crippen LogP contribution in [0.4, 0.5) is 0 Å². The average Bonchev–Trinajstić information content (AvgIpc) is 2.88. The fourth-order valence-corrected chi connectivity index (χ4v) is 2.18. The Morgan fingerprint density at radius 2 is 2.15 bits per heavy atom. The summed E-state index contributed by atoms with van der Waals surface area (Å²) in [7, 11) is 0. The third-order valence-electron chi connectivity index (χ3n) is 3.65. The van der Waals surface area contributed by atoms with E-state index in [4.69, 9.17) is 14.4 Å². The van der Waals surface area contributed by atoms with Crippen molar-refractivity contribution in [1.29, 1.82) is 5.26 Å². The van der Waals surface area contributed by atoms with Crippen LogP contribution in [0.2, 0.25) is 0 Å². The summed E-state index contributed by atoms with van der Waals surface area (Å²) in [6, 6.07) is 9.16. The molecule has 20 heavy (non-hydrogen) atoms. The Balaban J connectivity index is 1.66. The van der Waals surface area contributed by atoms with Gasteiger partial charge in [0, 0.05) is 5.92 Å². The van der Waals surface area contributed by atoms with Gasteiger partial charge in [0.15, 0.2) is 6.61 Å². The number of ether oxygens (including phenoxy) is 1. The zero-order valence-corrected chi connectivity index (χ0v) is 11.5. The largest absolute Gasteiger partial charge is 0.482 e. The van der Waals surface area contributed by atoms with Crippen molar-refractivity contribution in [3.63, 3.8) is 0 Å². The molecule has 0 unspecified atom stereocenters. The molecular weight excluding hydrogens is 254 g/mol. The summed E-state index contributed by atoms with van der Waals surface area (Å²) in [5.41, 5.74) is 0.758. The van der Waals surface area contributed by atoms with Gasteiger partial charge in [0.05, 0.1) is 5.56 Å². The number of hydrogen-bond acceptors (Lipinski definition) is 5. The highest BCUT2D eigenvalue weighted by molar-refractivity contribution is 5.42. The molecule has 1 aromatic heterocycles. The molecule has 102 valence electrons. The molecule has 0 radical (unpaired) electrons. The molecule has 1 atom stereocenters. The standard InChI is InChI=1S/C15H15N3O2/c1-15(2)7-11(15)14-18-17-13(20-14)9-19-12-6-4-3-5-10(12)8-16/h3-6,11H,7,9H2,1-2H3/t11-/m0/s1. The van der Waals surface area contributed by atoms with Crippen LogP contribution < -0.4 is 4.74 Å². The number of nitrogens with zero attached hydrogens (tertiary/aromatic N) is 3. The summed E-state index contributed by atoms with van der Waals surface area (Å²) in [4.78, 5) is 0.